The van der Waals surface area contributed by atoms with Gasteiger partial charge in [-0.05, 0) is 6.07 Å². The predicted octanol–water partition coefficient (Wildman–Crippen LogP) is 4.83. The summed E-state index contributed by atoms with van der Waals surface area (Å²) in [6, 6.07) is 4.36. The highest BCUT2D eigenvalue weighted by molar-refractivity contribution is 7.17. The number of thiazole rings is 1. The molecule has 1 heterocycles. The Morgan fingerprint density at radius 2 is 1.95 bits per heavy atom. The van der Waals surface area contributed by atoms with Gasteiger partial charge in [0.25, 0.3) is 0 Å². The van der Waals surface area contributed by atoms with Crippen molar-refractivity contribution in [2.75, 3.05) is 0 Å². The van der Waals surface area contributed by atoms with Gasteiger partial charge >= 0.3 is 12.1 Å². The minimum Gasteiger partial charge on any atom is -0.477 e. The number of hydrogen-bond acceptors (Lipinski definition) is 3. The maximum Gasteiger partial charge on any atom is 0.435 e. The quantitative estimate of drug-likeness (QED) is 0.850. The molecular formula is C11H4Cl2F3NO2S. The molecule has 20 heavy (non-hydrogen) atoms. The first-order valence-electron chi connectivity index (χ1n) is 4.97. The van der Waals surface area contributed by atoms with Crippen molar-refractivity contribution in [3.63, 3.8) is 0 Å². The predicted molar refractivity (Wildman–Crippen MR) is 69.5 cm³/mol. The average molecular weight is 342 g/mol. The second-order valence-electron chi connectivity index (χ2n) is 3.60. The van der Waals surface area contributed by atoms with Crippen molar-refractivity contribution in [1.82, 2.24) is 4.98 Å². The molecular weight excluding hydrogens is 338 g/mol. The van der Waals surface area contributed by atoms with Crippen molar-refractivity contribution >= 4 is 40.5 Å². The smallest absolute Gasteiger partial charge is 0.435 e. The first-order valence-corrected chi connectivity index (χ1v) is 6.54. The summed E-state index contributed by atoms with van der Waals surface area (Å²) in [6.45, 7) is 0. The van der Waals surface area contributed by atoms with Gasteiger partial charge in [0, 0.05) is 5.56 Å². The Balaban J connectivity index is 2.65. The highest BCUT2D eigenvalue weighted by atomic mass is 35.5. The van der Waals surface area contributed by atoms with E-state index in [1.165, 1.54) is 18.2 Å². The molecule has 0 saturated carbocycles. The summed E-state index contributed by atoms with van der Waals surface area (Å²) in [5.74, 6) is -1.70. The lowest BCUT2D eigenvalue weighted by Crippen LogP contribution is -2.11. The van der Waals surface area contributed by atoms with Gasteiger partial charge < -0.3 is 5.11 Å². The van der Waals surface area contributed by atoms with Crippen LogP contribution in [0.3, 0.4) is 0 Å². The van der Waals surface area contributed by atoms with Crippen LogP contribution in [0, 0.1) is 0 Å². The van der Waals surface area contributed by atoms with E-state index in [0.29, 0.717) is 11.3 Å². The molecule has 1 aromatic heterocycles. The van der Waals surface area contributed by atoms with Gasteiger partial charge in [-0.15, -0.1) is 11.3 Å². The van der Waals surface area contributed by atoms with Gasteiger partial charge in [0.15, 0.2) is 5.69 Å². The zero-order chi connectivity index (χ0) is 15.1. The van der Waals surface area contributed by atoms with Crippen LogP contribution in [0.5, 0.6) is 0 Å². The number of benzene rings is 1. The molecule has 0 bridgehead atoms. The average Bonchev–Trinajstić information content (AvgIpc) is 2.77. The molecule has 0 saturated heterocycles. The van der Waals surface area contributed by atoms with E-state index in [0.717, 1.165) is 0 Å². The molecule has 0 atom stereocenters. The summed E-state index contributed by atoms with van der Waals surface area (Å²) in [5, 5.41) is 8.84. The van der Waals surface area contributed by atoms with Crippen LogP contribution in [0.1, 0.15) is 15.4 Å². The maximum atomic E-state index is 12.7. The maximum absolute atomic E-state index is 12.7. The number of carbonyl (C=O) groups is 1. The highest BCUT2D eigenvalue weighted by Gasteiger charge is 2.40. The van der Waals surface area contributed by atoms with Crippen LogP contribution < -0.4 is 0 Å². The van der Waals surface area contributed by atoms with Crippen molar-refractivity contribution in [3.8, 4) is 10.6 Å². The van der Waals surface area contributed by atoms with Gasteiger partial charge in [-0.2, -0.15) is 13.2 Å². The number of halogens is 5. The van der Waals surface area contributed by atoms with Crippen molar-refractivity contribution < 1.29 is 23.1 Å². The summed E-state index contributed by atoms with van der Waals surface area (Å²) >= 11 is 12.1. The Hall–Kier alpha value is -1.31. The van der Waals surface area contributed by atoms with E-state index in [4.69, 9.17) is 28.3 Å². The zero-order valence-corrected chi connectivity index (χ0v) is 11.7. The summed E-state index contributed by atoms with van der Waals surface area (Å²) in [4.78, 5) is 13.3. The number of aromatic carboxylic acids is 1. The molecule has 0 aliphatic heterocycles. The number of carboxylic acids is 1. The van der Waals surface area contributed by atoms with Gasteiger partial charge in [0.1, 0.15) is 9.88 Å². The summed E-state index contributed by atoms with van der Waals surface area (Å²) in [5.41, 5.74) is -1.29. The Bertz CT molecular complexity index is 685. The number of rotatable bonds is 2. The largest absolute Gasteiger partial charge is 0.477 e. The van der Waals surface area contributed by atoms with Gasteiger partial charge in [-0.25, -0.2) is 9.78 Å². The fourth-order valence-electron chi connectivity index (χ4n) is 1.44. The molecule has 0 aliphatic rings. The van der Waals surface area contributed by atoms with Gasteiger partial charge in [-0.1, -0.05) is 35.3 Å². The van der Waals surface area contributed by atoms with Gasteiger partial charge in [0.2, 0.25) is 0 Å². The second-order valence-corrected chi connectivity index (χ2v) is 5.39. The summed E-state index contributed by atoms with van der Waals surface area (Å²) in [6.07, 6.45) is -4.85. The molecule has 9 heteroatoms. The molecule has 1 aromatic carbocycles. The molecule has 0 spiro atoms. The first kappa shape index (κ1) is 15.1. The van der Waals surface area contributed by atoms with Crippen LogP contribution >= 0.6 is 34.5 Å². The molecule has 0 aliphatic carbocycles. The number of nitrogens with zero attached hydrogens (tertiary/aromatic N) is 1. The molecule has 2 rings (SSSR count). The standard InChI is InChI=1S/C11H4Cl2F3NO2S/c12-5-3-1-2-4(6(5)13)9-17-8(11(14,15)16)7(20-9)10(18)19/h1-3H,(H,18,19). The minimum absolute atomic E-state index is 0.0218. The molecule has 0 radical (unpaired) electrons. The van der Waals surface area contributed by atoms with Crippen molar-refractivity contribution in [2.45, 2.75) is 6.18 Å². The number of aromatic nitrogens is 1. The van der Waals surface area contributed by atoms with E-state index in [9.17, 15) is 18.0 Å². The lowest BCUT2D eigenvalue weighted by Gasteiger charge is -2.03. The normalized spacial score (nSPS) is 11.7. The third kappa shape index (κ3) is 2.74. The lowest BCUT2D eigenvalue weighted by atomic mass is 10.2. The molecule has 0 amide bonds. The van der Waals surface area contributed by atoms with Crippen molar-refractivity contribution in [2.24, 2.45) is 0 Å². The summed E-state index contributed by atoms with van der Waals surface area (Å²) in [7, 11) is 0. The third-order valence-electron chi connectivity index (χ3n) is 2.27. The Morgan fingerprint density at radius 1 is 1.30 bits per heavy atom. The molecule has 3 nitrogen and oxygen atoms in total. The topological polar surface area (TPSA) is 50.2 Å². The van der Waals surface area contributed by atoms with Crippen LogP contribution in [0.25, 0.3) is 10.6 Å². The van der Waals surface area contributed by atoms with E-state index in [1.807, 2.05) is 0 Å². The molecule has 2 aromatic rings. The van der Waals surface area contributed by atoms with E-state index in [1.54, 1.807) is 0 Å². The Kier molecular flexibility index (Phi) is 3.95. The summed E-state index contributed by atoms with van der Waals surface area (Å²) < 4.78 is 38.2. The van der Waals surface area contributed by atoms with Gasteiger partial charge in [0.05, 0.1) is 10.0 Å². The van der Waals surface area contributed by atoms with Crippen LogP contribution in [0.2, 0.25) is 10.0 Å². The molecule has 106 valence electrons. The monoisotopic (exact) mass is 341 g/mol. The van der Waals surface area contributed by atoms with Crippen LogP contribution in [0.4, 0.5) is 13.2 Å². The first-order chi connectivity index (χ1) is 9.21. The zero-order valence-electron chi connectivity index (χ0n) is 9.33. The number of alkyl halides is 3. The molecule has 0 fully saturated rings. The molecule has 0 unspecified atom stereocenters. The van der Waals surface area contributed by atoms with E-state index in [2.05, 4.69) is 4.98 Å². The fraction of sp³-hybridized carbons (Fsp3) is 0.0909. The van der Waals surface area contributed by atoms with Crippen LogP contribution in [-0.4, -0.2) is 16.1 Å². The Morgan fingerprint density at radius 3 is 2.45 bits per heavy atom. The number of hydrogen-bond donors (Lipinski definition) is 1. The van der Waals surface area contributed by atoms with E-state index >= 15 is 0 Å². The highest BCUT2D eigenvalue weighted by Crippen LogP contribution is 2.40. The van der Waals surface area contributed by atoms with Crippen molar-refractivity contribution in [3.05, 3.63) is 38.8 Å². The third-order valence-corrected chi connectivity index (χ3v) is 4.17. The second kappa shape index (κ2) is 5.23. The van der Waals surface area contributed by atoms with E-state index in [-0.39, 0.29) is 20.6 Å². The lowest BCUT2D eigenvalue weighted by molar-refractivity contribution is -0.141. The van der Waals surface area contributed by atoms with Crippen LogP contribution in [-0.2, 0) is 6.18 Å². The SMILES string of the molecule is O=C(O)c1sc(-c2cccc(Cl)c2Cl)nc1C(F)(F)F. The fourth-order valence-corrected chi connectivity index (χ4v) is 2.84. The Labute approximate surface area is 124 Å². The van der Waals surface area contributed by atoms with Crippen LogP contribution in [0.15, 0.2) is 18.2 Å². The number of carboxylic acid groups (broad SMARTS) is 1. The minimum atomic E-state index is -4.85. The van der Waals surface area contributed by atoms with E-state index < -0.39 is 22.7 Å². The van der Waals surface area contributed by atoms with Crippen molar-refractivity contribution in [1.29, 1.82) is 0 Å². The van der Waals surface area contributed by atoms with Gasteiger partial charge in [-0.3, -0.25) is 0 Å². The molecule has 1 N–H and O–H groups in total.